The fourth-order valence-electron chi connectivity index (χ4n) is 3.24. The summed E-state index contributed by atoms with van der Waals surface area (Å²) in [6, 6.07) is 14.0. The average molecular weight is 355 g/mol. The Balaban J connectivity index is 1.68. The lowest BCUT2D eigenvalue weighted by Gasteiger charge is -2.24. The van der Waals surface area contributed by atoms with Crippen LogP contribution in [0.5, 0.6) is 0 Å². The second-order valence-corrected chi connectivity index (χ2v) is 6.48. The molecule has 1 fully saturated rings. The number of carbonyl (C=O) groups is 2. The maximum Gasteiger partial charge on any atom is 0.241 e. The van der Waals surface area contributed by atoms with Crippen molar-refractivity contribution < 1.29 is 14.0 Å². The van der Waals surface area contributed by atoms with Crippen LogP contribution >= 0.6 is 0 Å². The number of anilines is 2. The first-order valence-electron chi connectivity index (χ1n) is 8.69. The number of nitrogens with one attached hydrogen (secondary N) is 2. The van der Waals surface area contributed by atoms with E-state index in [2.05, 4.69) is 15.5 Å². The standard InChI is InChI=1S/C20H22FN3O2/c1-14(25)22-18-12-16(9-10-17(18)21)23-20(26)19-8-5-11-24(19)13-15-6-3-2-4-7-15/h2-4,6-7,9-10,12,19H,5,8,11,13H2,1H3,(H,22,25)(H,23,26). The molecule has 1 unspecified atom stereocenters. The second kappa shape index (κ2) is 8.10. The summed E-state index contributed by atoms with van der Waals surface area (Å²) >= 11 is 0. The number of carbonyl (C=O) groups excluding carboxylic acids is 2. The summed E-state index contributed by atoms with van der Waals surface area (Å²) in [6.07, 6.45) is 1.75. The minimum absolute atomic E-state index is 0.0582. The summed E-state index contributed by atoms with van der Waals surface area (Å²) in [6.45, 7) is 2.90. The number of hydrogen-bond donors (Lipinski definition) is 2. The van der Waals surface area contributed by atoms with Gasteiger partial charge in [-0.05, 0) is 43.1 Å². The van der Waals surface area contributed by atoms with Crippen LogP contribution in [0.15, 0.2) is 48.5 Å². The lowest BCUT2D eigenvalue weighted by molar-refractivity contribution is -0.120. The lowest BCUT2D eigenvalue weighted by atomic mass is 10.1. The van der Waals surface area contributed by atoms with E-state index in [4.69, 9.17) is 0 Å². The van der Waals surface area contributed by atoms with Crippen LogP contribution in [-0.2, 0) is 16.1 Å². The van der Waals surface area contributed by atoms with Gasteiger partial charge in [-0.3, -0.25) is 14.5 Å². The van der Waals surface area contributed by atoms with Gasteiger partial charge in [0.25, 0.3) is 0 Å². The molecular weight excluding hydrogens is 333 g/mol. The van der Waals surface area contributed by atoms with Gasteiger partial charge in [0.15, 0.2) is 0 Å². The Labute approximate surface area is 152 Å². The van der Waals surface area contributed by atoms with Crippen molar-refractivity contribution >= 4 is 23.2 Å². The zero-order valence-electron chi connectivity index (χ0n) is 14.7. The molecule has 0 aromatic heterocycles. The van der Waals surface area contributed by atoms with E-state index in [1.54, 1.807) is 0 Å². The molecule has 136 valence electrons. The quantitative estimate of drug-likeness (QED) is 0.864. The lowest BCUT2D eigenvalue weighted by Crippen LogP contribution is -2.39. The molecule has 1 aliphatic rings. The van der Waals surface area contributed by atoms with Gasteiger partial charge in [0.2, 0.25) is 11.8 Å². The number of hydrogen-bond acceptors (Lipinski definition) is 3. The molecule has 6 heteroatoms. The summed E-state index contributed by atoms with van der Waals surface area (Å²) in [7, 11) is 0. The van der Waals surface area contributed by atoms with Crippen LogP contribution in [0.4, 0.5) is 15.8 Å². The van der Waals surface area contributed by atoms with Crippen molar-refractivity contribution in [1.29, 1.82) is 0 Å². The third-order valence-corrected chi connectivity index (χ3v) is 4.44. The van der Waals surface area contributed by atoms with Crippen molar-refractivity contribution in [3.05, 3.63) is 59.9 Å². The highest BCUT2D eigenvalue weighted by Gasteiger charge is 2.30. The molecule has 1 saturated heterocycles. The van der Waals surface area contributed by atoms with Crippen molar-refractivity contribution in [2.75, 3.05) is 17.2 Å². The topological polar surface area (TPSA) is 61.4 Å². The first-order valence-corrected chi connectivity index (χ1v) is 8.69. The van der Waals surface area contributed by atoms with E-state index in [0.717, 1.165) is 25.9 Å². The van der Waals surface area contributed by atoms with E-state index < -0.39 is 5.82 Å². The Morgan fingerprint density at radius 2 is 1.92 bits per heavy atom. The number of benzene rings is 2. The number of amides is 2. The third-order valence-electron chi connectivity index (χ3n) is 4.44. The van der Waals surface area contributed by atoms with Gasteiger partial charge in [-0.25, -0.2) is 4.39 Å². The fourth-order valence-corrected chi connectivity index (χ4v) is 3.24. The zero-order chi connectivity index (χ0) is 18.5. The molecule has 0 aliphatic carbocycles. The van der Waals surface area contributed by atoms with Gasteiger partial charge in [0, 0.05) is 19.2 Å². The molecule has 0 bridgehead atoms. The molecule has 2 aromatic rings. The molecule has 1 heterocycles. The predicted octanol–water partition coefficient (Wildman–Crippen LogP) is 3.39. The molecule has 0 spiro atoms. The molecule has 0 radical (unpaired) electrons. The Bertz CT molecular complexity index is 795. The Morgan fingerprint density at radius 1 is 1.15 bits per heavy atom. The van der Waals surface area contributed by atoms with E-state index in [9.17, 15) is 14.0 Å². The monoisotopic (exact) mass is 355 g/mol. The molecule has 1 atom stereocenters. The molecule has 0 saturated carbocycles. The largest absolute Gasteiger partial charge is 0.325 e. The molecule has 2 aromatic carbocycles. The van der Waals surface area contributed by atoms with Gasteiger partial charge in [0.05, 0.1) is 11.7 Å². The van der Waals surface area contributed by atoms with Gasteiger partial charge in [-0.2, -0.15) is 0 Å². The van der Waals surface area contributed by atoms with E-state index in [-0.39, 0.29) is 23.5 Å². The Morgan fingerprint density at radius 3 is 2.65 bits per heavy atom. The van der Waals surface area contributed by atoms with Gasteiger partial charge in [0.1, 0.15) is 5.82 Å². The number of halogens is 1. The van der Waals surface area contributed by atoms with Gasteiger partial charge in [-0.1, -0.05) is 30.3 Å². The Hall–Kier alpha value is -2.73. The van der Waals surface area contributed by atoms with E-state index >= 15 is 0 Å². The van der Waals surface area contributed by atoms with E-state index in [1.807, 2.05) is 30.3 Å². The van der Waals surface area contributed by atoms with E-state index in [1.165, 1.54) is 30.7 Å². The summed E-state index contributed by atoms with van der Waals surface area (Å²) in [5.41, 5.74) is 1.69. The van der Waals surface area contributed by atoms with Crippen molar-refractivity contribution in [3.63, 3.8) is 0 Å². The smallest absolute Gasteiger partial charge is 0.241 e. The van der Waals surface area contributed by atoms with Crippen molar-refractivity contribution in [3.8, 4) is 0 Å². The minimum Gasteiger partial charge on any atom is -0.325 e. The zero-order valence-corrected chi connectivity index (χ0v) is 14.7. The first-order chi connectivity index (χ1) is 12.5. The van der Waals surface area contributed by atoms with Crippen molar-refractivity contribution in [1.82, 2.24) is 4.90 Å². The number of likely N-dealkylation sites (tertiary alicyclic amines) is 1. The normalized spacial score (nSPS) is 17.1. The minimum atomic E-state index is -0.537. The number of rotatable bonds is 5. The van der Waals surface area contributed by atoms with Crippen molar-refractivity contribution in [2.24, 2.45) is 0 Å². The summed E-state index contributed by atoms with van der Waals surface area (Å²) in [5.74, 6) is -1.01. The summed E-state index contributed by atoms with van der Waals surface area (Å²) in [4.78, 5) is 26.0. The summed E-state index contributed by atoms with van der Waals surface area (Å²) < 4.78 is 13.7. The molecular formula is C20H22FN3O2. The molecule has 26 heavy (non-hydrogen) atoms. The summed E-state index contributed by atoms with van der Waals surface area (Å²) in [5, 5.41) is 5.26. The molecule has 2 N–H and O–H groups in total. The van der Waals surface area contributed by atoms with Crippen LogP contribution < -0.4 is 10.6 Å². The molecule has 5 nitrogen and oxygen atoms in total. The maximum atomic E-state index is 13.7. The fraction of sp³-hybridized carbons (Fsp3) is 0.300. The van der Waals surface area contributed by atoms with Crippen LogP contribution in [0.1, 0.15) is 25.3 Å². The van der Waals surface area contributed by atoms with Crippen LogP contribution in [0.25, 0.3) is 0 Å². The third kappa shape index (κ3) is 4.46. The highest BCUT2D eigenvalue weighted by atomic mass is 19.1. The van der Waals surface area contributed by atoms with Crippen LogP contribution in [0.2, 0.25) is 0 Å². The Kier molecular flexibility index (Phi) is 5.63. The second-order valence-electron chi connectivity index (χ2n) is 6.48. The maximum absolute atomic E-state index is 13.7. The van der Waals surface area contributed by atoms with Gasteiger partial charge >= 0.3 is 0 Å². The predicted molar refractivity (Wildman–Crippen MR) is 99.2 cm³/mol. The molecule has 3 rings (SSSR count). The van der Waals surface area contributed by atoms with Crippen LogP contribution in [-0.4, -0.2) is 29.3 Å². The van der Waals surface area contributed by atoms with Crippen molar-refractivity contribution in [2.45, 2.75) is 32.4 Å². The first kappa shape index (κ1) is 18.1. The highest BCUT2D eigenvalue weighted by molar-refractivity contribution is 5.96. The van der Waals surface area contributed by atoms with Crippen LogP contribution in [0.3, 0.4) is 0 Å². The number of nitrogens with zero attached hydrogens (tertiary/aromatic N) is 1. The average Bonchev–Trinajstić information content (AvgIpc) is 3.06. The molecule has 1 aliphatic heterocycles. The van der Waals surface area contributed by atoms with Gasteiger partial charge < -0.3 is 10.6 Å². The molecule has 2 amide bonds. The van der Waals surface area contributed by atoms with Crippen LogP contribution in [0, 0.1) is 5.82 Å². The SMILES string of the molecule is CC(=O)Nc1cc(NC(=O)C2CCCN2Cc2ccccc2)ccc1F. The van der Waals surface area contributed by atoms with E-state index in [0.29, 0.717) is 5.69 Å². The highest BCUT2D eigenvalue weighted by Crippen LogP contribution is 2.24. The van der Waals surface area contributed by atoms with Gasteiger partial charge in [-0.15, -0.1) is 0 Å².